The molecule has 2 N–H and O–H groups in total. The van der Waals surface area contributed by atoms with Crippen molar-refractivity contribution >= 4 is 5.91 Å². The number of carbonyl (C=O) groups excluding carboxylic acids is 1. The van der Waals surface area contributed by atoms with E-state index in [1.165, 1.54) is 0 Å². The molecule has 0 spiro atoms. The van der Waals surface area contributed by atoms with Gasteiger partial charge in [-0.25, -0.2) is 4.98 Å². The Morgan fingerprint density at radius 3 is 2.87 bits per heavy atom. The number of nitrogens with zero attached hydrogens (tertiary/aromatic N) is 2. The van der Waals surface area contributed by atoms with Gasteiger partial charge >= 0.3 is 0 Å². The van der Waals surface area contributed by atoms with Crippen molar-refractivity contribution in [3.63, 3.8) is 0 Å². The molecule has 0 bridgehead atoms. The van der Waals surface area contributed by atoms with Crippen LogP contribution in [0.5, 0.6) is 0 Å². The molecule has 122 valence electrons. The van der Waals surface area contributed by atoms with E-state index in [9.17, 15) is 4.79 Å². The lowest BCUT2D eigenvalue weighted by Crippen LogP contribution is -2.42. The highest BCUT2D eigenvalue weighted by Crippen LogP contribution is 2.20. The Labute approximate surface area is 137 Å². The average molecular weight is 312 g/mol. The van der Waals surface area contributed by atoms with Gasteiger partial charge in [-0.05, 0) is 31.9 Å². The summed E-state index contributed by atoms with van der Waals surface area (Å²) in [6.45, 7) is 3.58. The molecule has 1 aromatic heterocycles. The molecule has 0 unspecified atom stereocenters. The van der Waals surface area contributed by atoms with E-state index in [0.29, 0.717) is 12.6 Å². The Hall–Kier alpha value is -2.14. The molecule has 2 heterocycles. The molecule has 0 aliphatic carbocycles. The van der Waals surface area contributed by atoms with Crippen LogP contribution >= 0.6 is 0 Å². The molecular weight excluding hydrogens is 288 g/mol. The fraction of sp³-hybridized carbons (Fsp3) is 0.444. The molecular formula is C18H24N4O. The zero-order valence-electron chi connectivity index (χ0n) is 13.7. The molecule has 2 atom stereocenters. The van der Waals surface area contributed by atoms with Crippen molar-refractivity contribution in [2.24, 2.45) is 5.92 Å². The molecule has 1 amide bonds. The Bertz CT molecular complexity index is 652. The summed E-state index contributed by atoms with van der Waals surface area (Å²) >= 11 is 0. The van der Waals surface area contributed by atoms with Gasteiger partial charge in [-0.1, -0.05) is 30.3 Å². The van der Waals surface area contributed by atoms with E-state index in [0.717, 1.165) is 36.5 Å². The first-order valence-corrected chi connectivity index (χ1v) is 8.21. The lowest BCUT2D eigenvalue weighted by atomic mass is 9.92. The minimum Gasteiger partial charge on any atom is -0.341 e. The van der Waals surface area contributed by atoms with Crippen LogP contribution in [0.1, 0.15) is 25.6 Å². The lowest BCUT2D eigenvalue weighted by Gasteiger charge is -2.30. The first-order valence-electron chi connectivity index (χ1n) is 8.21. The maximum Gasteiger partial charge on any atom is 0.225 e. The summed E-state index contributed by atoms with van der Waals surface area (Å²) in [6, 6.07) is 10.5. The number of hydrogen-bond donors (Lipinski definition) is 2. The van der Waals surface area contributed by atoms with Crippen molar-refractivity contribution < 1.29 is 4.79 Å². The quantitative estimate of drug-likeness (QED) is 0.911. The second kappa shape index (κ2) is 6.96. The highest BCUT2D eigenvalue weighted by molar-refractivity contribution is 5.78. The molecule has 5 heteroatoms. The van der Waals surface area contributed by atoms with Crippen molar-refractivity contribution in [2.45, 2.75) is 32.4 Å². The number of benzene rings is 1. The van der Waals surface area contributed by atoms with Gasteiger partial charge in [0.2, 0.25) is 5.91 Å². The van der Waals surface area contributed by atoms with E-state index < -0.39 is 0 Å². The molecule has 23 heavy (non-hydrogen) atoms. The Kier molecular flexibility index (Phi) is 4.76. The second-order valence-electron chi connectivity index (χ2n) is 6.38. The number of carbonyl (C=O) groups is 1. The first kappa shape index (κ1) is 15.7. The standard InChI is InChI=1S/C18H24N4O/c1-13-10-15(8-9-19-13)18(23)22(2)12-17-20-11-16(21-17)14-6-4-3-5-7-14/h3-7,11,13,15,19H,8-10,12H2,1-2H3,(H,20,21)/t13-,15-/m0/s1. The molecule has 1 aliphatic rings. The van der Waals surface area contributed by atoms with Crippen LogP contribution in [0.4, 0.5) is 0 Å². The zero-order chi connectivity index (χ0) is 16.2. The van der Waals surface area contributed by atoms with Gasteiger partial charge in [0.1, 0.15) is 5.82 Å². The van der Waals surface area contributed by atoms with E-state index in [2.05, 4.69) is 22.2 Å². The third-order valence-electron chi connectivity index (χ3n) is 4.45. The monoisotopic (exact) mass is 312 g/mol. The average Bonchev–Trinajstić information content (AvgIpc) is 3.03. The van der Waals surface area contributed by atoms with E-state index >= 15 is 0 Å². The Balaban J connectivity index is 1.63. The number of piperidine rings is 1. The lowest BCUT2D eigenvalue weighted by molar-refractivity contribution is -0.136. The van der Waals surface area contributed by atoms with Crippen molar-refractivity contribution in [3.8, 4) is 11.3 Å². The predicted octanol–water partition coefficient (Wildman–Crippen LogP) is 2.42. The number of amides is 1. The maximum absolute atomic E-state index is 12.6. The van der Waals surface area contributed by atoms with Crippen molar-refractivity contribution in [2.75, 3.05) is 13.6 Å². The molecule has 0 saturated carbocycles. The molecule has 1 aromatic carbocycles. The molecule has 1 saturated heterocycles. The first-order chi connectivity index (χ1) is 11.1. The van der Waals surface area contributed by atoms with Gasteiger partial charge in [0.25, 0.3) is 0 Å². The molecule has 5 nitrogen and oxygen atoms in total. The van der Waals surface area contributed by atoms with Crippen molar-refractivity contribution in [3.05, 3.63) is 42.4 Å². The molecule has 2 aromatic rings. The number of H-pyrrole nitrogens is 1. The molecule has 1 aliphatic heterocycles. The van der Waals surface area contributed by atoms with Crippen molar-refractivity contribution in [1.29, 1.82) is 0 Å². The van der Waals surface area contributed by atoms with Crippen LogP contribution in [0.3, 0.4) is 0 Å². The fourth-order valence-electron chi connectivity index (χ4n) is 3.18. The number of rotatable bonds is 4. The summed E-state index contributed by atoms with van der Waals surface area (Å²) in [5, 5.41) is 3.39. The largest absolute Gasteiger partial charge is 0.341 e. The van der Waals surface area contributed by atoms with Gasteiger partial charge in [0.05, 0.1) is 18.4 Å². The van der Waals surface area contributed by atoms with Gasteiger partial charge < -0.3 is 15.2 Å². The van der Waals surface area contributed by atoms with Gasteiger partial charge in [-0.15, -0.1) is 0 Å². The Morgan fingerprint density at radius 2 is 2.13 bits per heavy atom. The molecule has 3 rings (SSSR count). The van der Waals surface area contributed by atoms with Gasteiger partial charge in [-0.3, -0.25) is 4.79 Å². The summed E-state index contributed by atoms with van der Waals surface area (Å²) in [6.07, 6.45) is 3.66. The van der Waals surface area contributed by atoms with E-state index in [1.54, 1.807) is 4.90 Å². The highest BCUT2D eigenvalue weighted by atomic mass is 16.2. The Morgan fingerprint density at radius 1 is 1.35 bits per heavy atom. The normalized spacial score (nSPS) is 21.1. The van der Waals surface area contributed by atoms with Crippen LogP contribution in [-0.4, -0.2) is 40.4 Å². The number of aromatic amines is 1. The van der Waals surface area contributed by atoms with E-state index in [1.807, 2.05) is 43.6 Å². The van der Waals surface area contributed by atoms with Crippen LogP contribution in [-0.2, 0) is 11.3 Å². The number of hydrogen-bond acceptors (Lipinski definition) is 3. The summed E-state index contributed by atoms with van der Waals surface area (Å²) in [7, 11) is 1.86. The summed E-state index contributed by atoms with van der Waals surface area (Å²) in [5.41, 5.74) is 2.09. The summed E-state index contributed by atoms with van der Waals surface area (Å²) in [4.78, 5) is 22.1. The number of nitrogens with one attached hydrogen (secondary N) is 2. The van der Waals surface area contributed by atoms with Crippen LogP contribution in [0, 0.1) is 5.92 Å². The third-order valence-corrected chi connectivity index (χ3v) is 4.45. The summed E-state index contributed by atoms with van der Waals surface area (Å²) in [5.74, 6) is 1.16. The summed E-state index contributed by atoms with van der Waals surface area (Å²) < 4.78 is 0. The fourth-order valence-corrected chi connectivity index (χ4v) is 3.18. The van der Waals surface area contributed by atoms with Gasteiger partial charge in [-0.2, -0.15) is 0 Å². The smallest absolute Gasteiger partial charge is 0.225 e. The second-order valence-corrected chi connectivity index (χ2v) is 6.38. The SMILES string of the molecule is C[C@H]1C[C@@H](C(=O)N(C)Cc2ncc(-c3ccccc3)[nH]2)CCN1. The van der Waals surface area contributed by atoms with Crippen LogP contribution < -0.4 is 5.32 Å². The number of imidazole rings is 1. The van der Waals surface area contributed by atoms with Crippen LogP contribution in [0.15, 0.2) is 36.5 Å². The topological polar surface area (TPSA) is 61.0 Å². The zero-order valence-corrected chi connectivity index (χ0v) is 13.7. The van der Waals surface area contributed by atoms with Crippen LogP contribution in [0.2, 0.25) is 0 Å². The minimum absolute atomic E-state index is 0.125. The maximum atomic E-state index is 12.6. The van der Waals surface area contributed by atoms with E-state index in [4.69, 9.17) is 0 Å². The van der Waals surface area contributed by atoms with E-state index in [-0.39, 0.29) is 11.8 Å². The van der Waals surface area contributed by atoms with Gasteiger partial charge in [0.15, 0.2) is 0 Å². The molecule has 1 fully saturated rings. The highest BCUT2D eigenvalue weighted by Gasteiger charge is 2.27. The molecule has 0 radical (unpaired) electrons. The predicted molar refractivity (Wildman–Crippen MR) is 90.7 cm³/mol. The van der Waals surface area contributed by atoms with Crippen molar-refractivity contribution in [1.82, 2.24) is 20.2 Å². The van der Waals surface area contributed by atoms with Gasteiger partial charge in [0, 0.05) is 19.0 Å². The van der Waals surface area contributed by atoms with Crippen LogP contribution in [0.25, 0.3) is 11.3 Å². The number of aromatic nitrogens is 2. The third kappa shape index (κ3) is 3.79. The minimum atomic E-state index is 0.125.